The van der Waals surface area contributed by atoms with Gasteiger partial charge in [0.2, 0.25) is 11.0 Å². The molecule has 1 aliphatic heterocycles. The Morgan fingerprint density at radius 2 is 2.03 bits per heavy atom. The third-order valence-electron chi connectivity index (χ3n) is 5.53. The third kappa shape index (κ3) is 5.32. The molecule has 0 unspecified atom stereocenters. The summed E-state index contributed by atoms with van der Waals surface area (Å²) < 4.78 is 28.8. The Labute approximate surface area is 209 Å². The second-order valence-corrected chi connectivity index (χ2v) is 10.3. The van der Waals surface area contributed by atoms with Gasteiger partial charge in [0.1, 0.15) is 6.54 Å². The number of fused-ring (bicyclic) bond motifs is 1. The zero-order valence-electron chi connectivity index (χ0n) is 18.0. The van der Waals surface area contributed by atoms with Crippen LogP contribution in [0, 0.1) is 0 Å². The van der Waals surface area contributed by atoms with Crippen molar-refractivity contribution in [2.75, 3.05) is 18.0 Å². The Bertz CT molecular complexity index is 1360. The predicted octanol–water partition coefficient (Wildman–Crippen LogP) is 2.49. The van der Waals surface area contributed by atoms with Gasteiger partial charge < -0.3 is 20.5 Å². The smallest absolute Gasteiger partial charge is 0.263 e. The average Bonchev–Trinajstić information content (AvgIpc) is 3.42. The van der Waals surface area contributed by atoms with Gasteiger partial charge in [-0.15, -0.1) is 0 Å². The van der Waals surface area contributed by atoms with Crippen molar-refractivity contribution in [1.29, 1.82) is 0 Å². The Morgan fingerprint density at radius 3 is 2.76 bits per heavy atom. The standard InChI is InChI=1S/C22H23ClN6O3S2.H2/c23-19-3-1-2-15-8-10-29(21(15)19)13-20(30)26-16-9-11-28(12-16)17-4-6-18(7-5-17)34(31,32)27-22(33)25-14-24;/h1-8,10,14,16H,9,11-13H2,(H,26,30)(H3,24,25,27,33);1H/t16-;/m1./s1. The minimum atomic E-state index is -3.84. The van der Waals surface area contributed by atoms with E-state index in [2.05, 4.69) is 19.9 Å². The Hall–Kier alpha value is -3.15. The van der Waals surface area contributed by atoms with Crippen molar-refractivity contribution < 1.29 is 14.6 Å². The highest BCUT2D eigenvalue weighted by molar-refractivity contribution is 7.91. The highest BCUT2D eigenvalue weighted by Gasteiger charge is 2.25. The predicted molar refractivity (Wildman–Crippen MR) is 140 cm³/mol. The van der Waals surface area contributed by atoms with Gasteiger partial charge in [0, 0.05) is 37.8 Å². The SMILES string of the molecule is NC=NC(=S)NS(=O)(=O)c1ccc(N2CC[C@@H](NC(=O)Cn3ccc4cccc(Cl)c43)C2)cc1.[HH]. The van der Waals surface area contributed by atoms with Crippen LogP contribution in [0.3, 0.4) is 0 Å². The number of nitrogens with zero attached hydrogens (tertiary/aromatic N) is 3. The number of para-hydroxylation sites is 1. The molecule has 1 fully saturated rings. The molecule has 0 spiro atoms. The van der Waals surface area contributed by atoms with Gasteiger partial charge in [-0.05, 0) is 55.0 Å². The minimum Gasteiger partial charge on any atom is -0.390 e. The fraction of sp³-hybridized carbons (Fsp3) is 0.227. The van der Waals surface area contributed by atoms with Crippen molar-refractivity contribution in [3.8, 4) is 0 Å². The normalized spacial score (nSPS) is 16.3. The highest BCUT2D eigenvalue weighted by Crippen LogP contribution is 2.25. The molecular weight excluding hydrogens is 496 g/mol. The number of hydrogen-bond donors (Lipinski definition) is 3. The summed E-state index contributed by atoms with van der Waals surface area (Å²) in [5, 5.41) is 4.44. The van der Waals surface area contributed by atoms with E-state index in [4.69, 9.17) is 29.6 Å². The number of anilines is 1. The largest absolute Gasteiger partial charge is 0.390 e. The van der Waals surface area contributed by atoms with Crippen LogP contribution in [0.5, 0.6) is 0 Å². The molecule has 4 rings (SSSR count). The van der Waals surface area contributed by atoms with E-state index in [1.54, 1.807) is 12.1 Å². The quantitative estimate of drug-likeness (QED) is 0.261. The number of thiocarbonyl (C=S) groups is 1. The van der Waals surface area contributed by atoms with Crippen molar-refractivity contribution in [3.05, 3.63) is 59.8 Å². The second kappa shape index (κ2) is 10.00. The number of rotatable bonds is 6. The molecule has 0 radical (unpaired) electrons. The molecule has 12 heteroatoms. The van der Waals surface area contributed by atoms with E-state index in [0.29, 0.717) is 11.6 Å². The molecule has 2 heterocycles. The number of hydrogen-bond acceptors (Lipinski definition) is 5. The van der Waals surface area contributed by atoms with E-state index in [-0.39, 0.29) is 29.9 Å². The number of amides is 1. The van der Waals surface area contributed by atoms with Crippen LogP contribution >= 0.6 is 23.8 Å². The van der Waals surface area contributed by atoms with Crippen LogP contribution in [-0.2, 0) is 21.4 Å². The summed E-state index contributed by atoms with van der Waals surface area (Å²) in [6.45, 7) is 1.54. The number of benzene rings is 2. The van der Waals surface area contributed by atoms with Gasteiger partial charge in [0.05, 0.1) is 21.8 Å². The van der Waals surface area contributed by atoms with E-state index in [0.717, 1.165) is 35.9 Å². The Kier molecular flexibility index (Phi) is 7.05. The summed E-state index contributed by atoms with van der Waals surface area (Å²) >= 11 is 11.1. The number of aromatic nitrogens is 1. The van der Waals surface area contributed by atoms with Gasteiger partial charge in [-0.3, -0.25) is 9.52 Å². The molecule has 0 aliphatic carbocycles. The minimum absolute atomic E-state index is 0. The van der Waals surface area contributed by atoms with Crippen molar-refractivity contribution in [2.45, 2.75) is 23.9 Å². The van der Waals surface area contributed by atoms with Gasteiger partial charge in [0.25, 0.3) is 10.0 Å². The zero-order chi connectivity index (χ0) is 24.3. The molecule has 9 nitrogen and oxygen atoms in total. The Morgan fingerprint density at radius 1 is 1.26 bits per heavy atom. The number of nitrogens with one attached hydrogen (secondary N) is 2. The van der Waals surface area contributed by atoms with Crippen molar-refractivity contribution in [3.63, 3.8) is 0 Å². The molecule has 3 aromatic rings. The Balaban J connectivity index is 0.00000342. The van der Waals surface area contributed by atoms with Gasteiger partial charge in [0.15, 0.2) is 0 Å². The van der Waals surface area contributed by atoms with Crippen LogP contribution in [-0.4, -0.2) is 49.5 Å². The molecular formula is C22H25ClN6O3S2. The lowest BCUT2D eigenvalue weighted by Gasteiger charge is -2.19. The number of nitrogens with two attached hydrogens (primary N) is 1. The summed E-state index contributed by atoms with van der Waals surface area (Å²) in [4.78, 5) is 18.4. The fourth-order valence-electron chi connectivity index (χ4n) is 3.99. The summed E-state index contributed by atoms with van der Waals surface area (Å²) in [5.41, 5.74) is 6.83. The fourth-order valence-corrected chi connectivity index (χ4v) is 5.57. The molecule has 1 saturated heterocycles. The molecule has 2 aromatic carbocycles. The van der Waals surface area contributed by atoms with Gasteiger partial charge in [-0.25, -0.2) is 13.4 Å². The molecule has 34 heavy (non-hydrogen) atoms. The molecule has 1 aliphatic rings. The highest BCUT2D eigenvalue weighted by atomic mass is 35.5. The summed E-state index contributed by atoms with van der Waals surface area (Å²) in [7, 11) is -3.84. The van der Waals surface area contributed by atoms with Crippen LogP contribution in [0.4, 0.5) is 5.69 Å². The summed E-state index contributed by atoms with van der Waals surface area (Å²) in [6, 6.07) is 14.0. The van der Waals surface area contributed by atoms with Crippen LogP contribution in [0.1, 0.15) is 7.85 Å². The molecule has 1 amide bonds. The maximum Gasteiger partial charge on any atom is 0.263 e. The van der Waals surface area contributed by atoms with Gasteiger partial charge in [-0.2, -0.15) is 0 Å². The maximum atomic E-state index is 12.7. The molecule has 180 valence electrons. The first-order valence-corrected chi connectivity index (χ1v) is 12.7. The first-order valence-electron chi connectivity index (χ1n) is 10.5. The van der Waals surface area contributed by atoms with Crippen LogP contribution in [0.15, 0.2) is 64.6 Å². The lowest BCUT2D eigenvalue weighted by atomic mass is 10.2. The molecule has 0 saturated carbocycles. The van der Waals surface area contributed by atoms with Crippen LogP contribution in [0.2, 0.25) is 5.02 Å². The van der Waals surface area contributed by atoms with Crippen molar-refractivity contribution in [2.24, 2.45) is 10.7 Å². The van der Waals surface area contributed by atoms with Crippen molar-refractivity contribution >= 4 is 67.8 Å². The van der Waals surface area contributed by atoms with E-state index in [9.17, 15) is 13.2 Å². The average molecular weight is 521 g/mol. The van der Waals surface area contributed by atoms with E-state index < -0.39 is 10.0 Å². The summed E-state index contributed by atoms with van der Waals surface area (Å²) in [6.07, 6.45) is 3.56. The first kappa shape index (κ1) is 24.0. The van der Waals surface area contributed by atoms with Gasteiger partial charge in [-0.1, -0.05) is 23.7 Å². The molecule has 1 aromatic heterocycles. The molecule has 0 bridgehead atoms. The van der Waals surface area contributed by atoms with E-state index in [1.807, 2.05) is 35.0 Å². The number of carbonyl (C=O) groups excluding carboxylic acids is 1. The monoisotopic (exact) mass is 520 g/mol. The number of carbonyl (C=O) groups is 1. The van der Waals surface area contributed by atoms with E-state index in [1.165, 1.54) is 12.1 Å². The lowest BCUT2D eigenvalue weighted by molar-refractivity contribution is -0.122. The summed E-state index contributed by atoms with van der Waals surface area (Å²) in [5.74, 6) is -0.0899. The zero-order valence-corrected chi connectivity index (χ0v) is 20.4. The van der Waals surface area contributed by atoms with Crippen molar-refractivity contribution in [1.82, 2.24) is 14.6 Å². The lowest BCUT2D eigenvalue weighted by Crippen LogP contribution is -2.38. The number of sulfonamides is 1. The maximum absolute atomic E-state index is 12.7. The van der Waals surface area contributed by atoms with Gasteiger partial charge >= 0.3 is 0 Å². The second-order valence-electron chi connectivity index (χ2n) is 7.80. The number of aliphatic imine (C=N–C) groups is 1. The van der Waals surface area contributed by atoms with Crippen LogP contribution in [0.25, 0.3) is 10.9 Å². The first-order chi connectivity index (χ1) is 16.3. The van der Waals surface area contributed by atoms with E-state index >= 15 is 0 Å². The number of halogens is 1. The van der Waals surface area contributed by atoms with Crippen LogP contribution < -0.4 is 20.7 Å². The molecule has 1 atom stereocenters. The third-order valence-corrected chi connectivity index (χ3v) is 7.53. The topological polar surface area (TPSA) is 122 Å². The molecule has 4 N–H and O–H groups in total.